The number of esters is 1. The molecule has 1 aromatic carbocycles. The number of aryl methyl sites for hydroxylation is 2. The molecule has 0 saturated carbocycles. The molecular weight excluding hydrogens is 426 g/mol. The number of amides is 1. The number of anilines is 1. The van der Waals surface area contributed by atoms with Gasteiger partial charge in [0.15, 0.2) is 18.5 Å². The molecule has 0 spiro atoms. The van der Waals surface area contributed by atoms with Gasteiger partial charge in [-0.2, -0.15) is 0 Å². The van der Waals surface area contributed by atoms with Crippen molar-refractivity contribution in [3.8, 4) is 11.6 Å². The number of rotatable bonds is 7. The average Bonchev–Trinajstić information content (AvgIpc) is 3.34. The molecule has 3 heterocycles. The fourth-order valence-electron chi connectivity index (χ4n) is 3.94. The zero-order chi connectivity index (χ0) is 23.7. The second kappa shape index (κ2) is 8.93. The van der Waals surface area contributed by atoms with Gasteiger partial charge in [-0.25, -0.2) is 0 Å². The van der Waals surface area contributed by atoms with Gasteiger partial charge in [0.2, 0.25) is 5.78 Å². The molecular formula is C24H25N3O6. The first-order chi connectivity index (χ1) is 15.8. The number of hydrogen-bond acceptors (Lipinski definition) is 7. The summed E-state index contributed by atoms with van der Waals surface area (Å²) in [4.78, 5) is 39.1. The van der Waals surface area contributed by atoms with E-state index in [0.29, 0.717) is 34.3 Å². The van der Waals surface area contributed by atoms with Gasteiger partial charge in [0, 0.05) is 29.6 Å². The molecule has 172 valence electrons. The third kappa shape index (κ3) is 4.39. The van der Waals surface area contributed by atoms with Gasteiger partial charge in [0.1, 0.15) is 11.5 Å². The minimum absolute atomic E-state index is 0.0443. The number of hydrogen-bond donors (Lipinski definition) is 0. The van der Waals surface area contributed by atoms with Gasteiger partial charge in [-0.1, -0.05) is 17.3 Å². The minimum atomic E-state index is -0.638. The van der Waals surface area contributed by atoms with Crippen LogP contribution in [0, 0.1) is 20.8 Å². The van der Waals surface area contributed by atoms with Gasteiger partial charge in [-0.15, -0.1) is 0 Å². The Hall–Kier alpha value is -3.88. The summed E-state index contributed by atoms with van der Waals surface area (Å²) in [5, 5.41) is 4.00. The maximum absolute atomic E-state index is 12.7. The fourth-order valence-corrected chi connectivity index (χ4v) is 3.94. The van der Waals surface area contributed by atoms with Crippen molar-refractivity contribution >= 4 is 23.3 Å². The lowest BCUT2D eigenvalue weighted by atomic mass is 10.1. The number of carbonyl (C=O) groups is 3. The molecule has 9 nitrogen and oxygen atoms in total. The number of para-hydroxylation sites is 2. The Morgan fingerprint density at radius 2 is 1.91 bits per heavy atom. The molecule has 0 bridgehead atoms. The standard InChI is InChI=1S/C24H25N3O6/c1-14-11-18(16(3)27(14)22-12-15(2)33-25-22)20(28)13-31-23(29)9-10-26-19-7-5-6-8-21(19)32-17(4)24(26)30/h5-8,11-12,17H,9-10,13H2,1-4H3. The van der Waals surface area contributed by atoms with Gasteiger partial charge in [0.25, 0.3) is 5.91 Å². The summed E-state index contributed by atoms with van der Waals surface area (Å²) in [6, 6.07) is 10.7. The third-order valence-corrected chi connectivity index (χ3v) is 5.55. The van der Waals surface area contributed by atoms with E-state index >= 15 is 0 Å². The van der Waals surface area contributed by atoms with Crippen molar-refractivity contribution in [2.75, 3.05) is 18.1 Å². The Morgan fingerprint density at radius 1 is 1.15 bits per heavy atom. The van der Waals surface area contributed by atoms with E-state index in [4.69, 9.17) is 14.0 Å². The lowest BCUT2D eigenvalue weighted by Gasteiger charge is -2.32. The van der Waals surface area contributed by atoms with Crippen LogP contribution in [0.1, 0.15) is 40.9 Å². The van der Waals surface area contributed by atoms with Crippen LogP contribution in [0.15, 0.2) is 40.9 Å². The summed E-state index contributed by atoms with van der Waals surface area (Å²) < 4.78 is 17.8. The van der Waals surface area contributed by atoms with Crippen LogP contribution in [0.5, 0.6) is 5.75 Å². The van der Waals surface area contributed by atoms with E-state index in [2.05, 4.69) is 5.16 Å². The second-order valence-electron chi connectivity index (χ2n) is 7.97. The van der Waals surface area contributed by atoms with Crippen molar-refractivity contribution in [3.63, 3.8) is 0 Å². The summed E-state index contributed by atoms with van der Waals surface area (Å²) in [6.45, 7) is 6.87. The molecule has 9 heteroatoms. The SMILES string of the molecule is Cc1cc(-n2c(C)cc(C(=O)COC(=O)CCN3C(=O)C(C)Oc4ccccc43)c2C)no1. The molecule has 0 aliphatic carbocycles. The molecule has 1 aliphatic rings. The number of nitrogens with zero attached hydrogens (tertiary/aromatic N) is 3. The number of ketones is 1. The number of aromatic nitrogens is 2. The van der Waals surface area contributed by atoms with Crippen LogP contribution in [0.2, 0.25) is 0 Å². The monoisotopic (exact) mass is 451 g/mol. The maximum atomic E-state index is 12.7. The van der Waals surface area contributed by atoms with E-state index in [1.165, 1.54) is 4.90 Å². The van der Waals surface area contributed by atoms with E-state index in [-0.39, 0.29) is 31.3 Å². The molecule has 1 aliphatic heterocycles. The maximum Gasteiger partial charge on any atom is 0.308 e. The zero-order valence-corrected chi connectivity index (χ0v) is 19.0. The highest BCUT2D eigenvalue weighted by molar-refractivity contribution is 6.01. The number of fused-ring (bicyclic) bond motifs is 1. The van der Waals surface area contributed by atoms with Crippen molar-refractivity contribution < 1.29 is 28.4 Å². The Morgan fingerprint density at radius 3 is 2.64 bits per heavy atom. The largest absolute Gasteiger partial charge is 0.479 e. The molecule has 33 heavy (non-hydrogen) atoms. The van der Waals surface area contributed by atoms with E-state index in [9.17, 15) is 14.4 Å². The number of Topliss-reactive ketones (excluding diaryl/α,β-unsaturated/α-hetero) is 1. The molecule has 1 amide bonds. The lowest BCUT2D eigenvalue weighted by molar-refractivity contribution is -0.142. The molecule has 0 radical (unpaired) electrons. The first-order valence-corrected chi connectivity index (χ1v) is 10.6. The van der Waals surface area contributed by atoms with Crippen LogP contribution in [0.3, 0.4) is 0 Å². The van der Waals surface area contributed by atoms with Crippen molar-refractivity contribution in [1.29, 1.82) is 0 Å². The van der Waals surface area contributed by atoms with Crippen LogP contribution < -0.4 is 9.64 Å². The number of benzene rings is 1. The van der Waals surface area contributed by atoms with Crippen LogP contribution in [0.4, 0.5) is 5.69 Å². The molecule has 3 aromatic rings. The first-order valence-electron chi connectivity index (χ1n) is 10.6. The Kier molecular flexibility index (Phi) is 6.04. The van der Waals surface area contributed by atoms with Gasteiger partial charge in [-0.3, -0.25) is 19.0 Å². The topological polar surface area (TPSA) is 104 Å². The quantitative estimate of drug-likeness (QED) is 0.401. The van der Waals surface area contributed by atoms with Crippen molar-refractivity contribution in [3.05, 3.63) is 59.1 Å². The molecule has 1 atom stereocenters. The molecule has 0 N–H and O–H groups in total. The van der Waals surface area contributed by atoms with Crippen LogP contribution in [0.25, 0.3) is 5.82 Å². The summed E-state index contributed by atoms with van der Waals surface area (Å²) in [6.07, 6.45) is -0.682. The normalized spacial score (nSPS) is 15.2. The summed E-state index contributed by atoms with van der Waals surface area (Å²) in [7, 11) is 0. The third-order valence-electron chi connectivity index (χ3n) is 5.55. The van der Waals surface area contributed by atoms with Crippen LogP contribution in [-0.4, -0.2) is 46.6 Å². The highest BCUT2D eigenvalue weighted by Gasteiger charge is 2.31. The van der Waals surface area contributed by atoms with Gasteiger partial charge >= 0.3 is 5.97 Å². The van der Waals surface area contributed by atoms with Crippen molar-refractivity contribution in [2.24, 2.45) is 0 Å². The number of ether oxygens (including phenoxy) is 2. The number of carbonyl (C=O) groups excluding carboxylic acids is 3. The Bertz CT molecular complexity index is 1220. The van der Waals surface area contributed by atoms with Crippen LogP contribution in [-0.2, 0) is 14.3 Å². The van der Waals surface area contributed by atoms with Crippen molar-refractivity contribution in [1.82, 2.24) is 9.72 Å². The predicted octanol–water partition coefficient (Wildman–Crippen LogP) is 3.32. The minimum Gasteiger partial charge on any atom is -0.479 e. The van der Waals surface area contributed by atoms with Crippen LogP contribution >= 0.6 is 0 Å². The molecule has 0 saturated heterocycles. The Balaban J connectivity index is 1.37. The van der Waals surface area contributed by atoms with E-state index in [0.717, 1.165) is 5.69 Å². The van der Waals surface area contributed by atoms with Gasteiger partial charge < -0.3 is 18.9 Å². The summed E-state index contributed by atoms with van der Waals surface area (Å²) >= 11 is 0. The first kappa shape index (κ1) is 22.3. The predicted molar refractivity (Wildman–Crippen MR) is 119 cm³/mol. The Labute approximate surface area is 190 Å². The van der Waals surface area contributed by atoms with Gasteiger partial charge in [0.05, 0.1) is 12.1 Å². The molecule has 1 unspecified atom stereocenters. The fraction of sp³-hybridized carbons (Fsp3) is 0.333. The average molecular weight is 451 g/mol. The smallest absolute Gasteiger partial charge is 0.308 e. The highest BCUT2D eigenvalue weighted by atomic mass is 16.5. The summed E-state index contributed by atoms with van der Waals surface area (Å²) in [5.74, 6) is 0.732. The summed E-state index contributed by atoms with van der Waals surface area (Å²) in [5.41, 5.74) is 2.56. The molecule has 0 fully saturated rings. The zero-order valence-electron chi connectivity index (χ0n) is 19.0. The van der Waals surface area contributed by atoms with Crippen molar-refractivity contribution in [2.45, 2.75) is 40.2 Å². The van der Waals surface area contributed by atoms with E-state index in [1.807, 2.05) is 17.6 Å². The van der Waals surface area contributed by atoms with Gasteiger partial charge in [-0.05, 0) is 45.9 Å². The van der Waals surface area contributed by atoms with E-state index in [1.54, 1.807) is 51.1 Å². The molecule has 2 aromatic heterocycles. The highest BCUT2D eigenvalue weighted by Crippen LogP contribution is 2.33. The van der Waals surface area contributed by atoms with E-state index < -0.39 is 12.1 Å². The lowest BCUT2D eigenvalue weighted by Crippen LogP contribution is -2.45. The second-order valence-corrected chi connectivity index (χ2v) is 7.97. The molecule has 4 rings (SSSR count).